The number of amides is 2. The van der Waals surface area contributed by atoms with Gasteiger partial charge in [0.1, 0.15) is 5.82 Å². The summed E-state index contributed by atoms with van der Waals surface area (Å²) < 4.78 is 0. The van der Waals surface area contributed by atoms with Crippen LogP contribution in [0.25, 0.3) is 0 Å². The van der Waals surface area contributed by atoms with Crippen molar-refractivity contribution in [2.24, 2.45) is 0 Å². The van der Waals surface area contributed by atoms with E-state index in [1.54, 1.807) is 31.5 Å². The van der Waals surface area contributed by atoms with Crippen molar-refractivity contribution in [2.45, 2.75) is 48.0 Å². The Balaban J connectivity index is 0.00000166. The third kappa shape index (κ3) is 6.22. The van der Waals surface area contributed by atoms with Gasteiger partial charge in [0.25, 0.3) is 11.8 Å². The molecule has 0 radical (unpaired) electrons. The van der Waals surface area contributed by atoms with E-state index in [9.17, 15) is 9.59 Å². The van der Waals surface area contributed by atoms with E-state index in [2.05, 4.69) is 27.5 Å². The molecule has 1 heterocycles. The number of aryl methyl sites for hydroxylation is 4. The van der Waals surface area contributed by atoms with E-state index < -0.39 is 0 Å². The summed E-state index contributed by atoms with van der Waals surface area (Å²) in [7, 11) is 0. The molecular formula is C25H30N4O2. The minimum Gasteiger partial charge on any atom is -0.322 e. The van der Waals surface area contributed by atoms with E-state index in [1.807, 2.05) is 52.0 Å². The van der Waals surface area contributed by atoms with Gasteiger partial charge >= 0.3 is 0 Å². The summed E-state index contributed by atoms with van der Waals surface area (Å²) in [5, 5.41) is 5.66. The smallest absolute Gasteiger partial charge is 0.256 e. The lowest BCUT2D eigenvalue weighted by Crippen LogP contribution is -2.16. The average molecular weight is 419 g/mol. The Morgan fingerprint density at radius 1 is 0.806 bits per heavy atom. The molecule has 3 rings (SSSR count). The van der Waals surface area contributed by atoms with Gasteiger partial charge in [0.05, 0.1) is 18.1 Å². The molecule has 0 fully saturated rings. The molecule has 6 heteroatoms. The molecular weight excluding hydrogens is 388 g/mol. The van der Waals surface area contributed by atoms with Crippen molar-refractivity contribution in [3.8, 4) is 0 Å². The maximum atomic E-state index is 12.7. The Labute approximate surface area is 184 Å². The largest absolute Gasteiger partial charge is 0.322 e. The Hall–Kier alpha value is -3.54. The number of hydrogen-bond donors (Lipinski definition) is 2. The maximum Gasteiger partial charge on any atom is 0.256 e. The number of hydrogen-bond acceptors (Lipinski definition) is 4. The quantitative estimate of drug-likeness (QED) is 0.573. The van der Waals surface area contributed by atoms with Gasteiger partial charge in [-0.15, -0.1) is 0 Å². The van der Waals surface area contributed by atoms with Gasteiger partial charge < -0.3 is 10.6 Å². The zero-order valence-electron chi connectivity index (χ0n) is 19.0. The van der Waals surface area contributed by atoms with E-state index in [4.69, 9.17) is 0 Å². The minimum atomic E-state index is -0.283. The lowest BCUT2D eigenvalue weighted by Gasteiger charge is -2.12. The topological polar surface area (TPSA) is 84.0 Å². The van der Waals surface area contributed by atoms with Crippen molar-refractivity contribution < 1.29 is 9.59 Å². The summed E-state index contributed by atoms with van der Waals surface area (Å²) in [6.07, 6.45) is 3.98. The predicted molar refractivity (Wildman–Crippen MR) is 126 cm³/mol. The first kappa shape index (κ1) is 23.7. The zero-order valence-corrected chi connectivity index (χ0v) is 19.0. The Morgan fingerprint density at radius 2 is 1.42 bits per heavy atom. The predicted octanol–water partition coefficient (Wildman–Crippen LogP) is 5.50. The van der Waals surface area contributed by atoms with Crippen LogP contribution in [0.5, 0.6) is 0 Å². The number of nitrogens with zero attached hydrogens (tertiary/aromatic N) is 2. The third-order valence-corrected chi connectivity index (χ3v) is 4.77. The Bertz CT molecular complexity index is 1060. The van der Waals surface area contributed by atoms with E-state index in [0.717, 1.165) is 17.5 Å². The molecule has 0 spiro atoms. The number of aromatic nitrogens is 2. The number of carbonyl (C=O) groups is 2. The molecule has 0 aliphatic heterocycles. The molecule has 0 saturated carbocycles. The number of benzene rings is 2. The van der Waals surface area contributed by atoms with Crippen LogP contribution in [0.4, 0.5) is 11.4 Å². The molecule has 0 unspecified atom stereocenters. The van der Waals surface area contributed by atoms with Crippen LogP contribution in [-0.4, -0.2) is 21.8 Å². The highest BCUT2D eigenvalue weighted by molar-refractivity contribution is 6.08. The van der Waals surface area contributed by atoms with Crippen LogP contribution < -0.4 is 10.6 Å². The molecule has 1 aromatic heterocycles. The molecule has 2 aromatic carbocycles. The fourth-order valence-electron chi connectivity index (χ4n) is 3.00. The van der Waals surface area contributed by atoms with E-state index in [0.29, 0.717) is 28.3 Å². The highest BCUT2D eigenvalue weighted by Crippen LogP contribution is 2.19. The second-order valence-corrected chi connectivity index (χ2v) is 6.95. The molecule has 2 N–H and O–H groups in total. The second kappa shape index (κ2) is 11.0. The van der Waals surface area contributed by atoms with Gasteiger partial charge in [-0.3, -0.25) is 9.59 Å². The first-order valence-electron chi connectivity index (χ1n) is 10.5. The summed E-state index contributed by atoms with van der Waals surface area (Å²) in [6, 6.07) is 10.9. The van der Waals surface area contributed by atoms with Crippen LogP contribution in [0.1, 0.15) is 64.0 Å². The van der Waals surface area contributed by atoms with E-state index in [1.165, 1.54) is 5.56 Å². The Morgan fingerprint density at radius 3 is 2.06 bits per heavy atom. The molecule has 0 saturated heterocycles. The van der Waals surface area contributed by atoms with Crippen LogP contribution in [-0.2, 0) is 6.42 Å². The summed E-state index contributed by atoms with van der Waals surface area (Å²) in [6.45, 7) is 11.7. The molecule has 3 aromatic rings. The number of anilines is 2. The summed E-state index contributed by atoms with van der Waals surface area (Å²) in [5.74, 6) is 0.141. The molecule has 0 atom stereocenters. The summed E-state index contributed by atoms with van der Waals surface area (Å²) >= 11 is 0. The SMILES string of the molecule is CC.CCc1cc(C(=O)Nc2ccc(C)c(C(=O)Nc3cnc(C)nc3)c2)ccc1C. The van der Waals surface area contributed by atoms with Crippen molar-refractivity contribution in [1.82, 2.24) is 9.97 Å². The van der Waals surface area contributed by atoms with Crippen molar-refractivity contribution in [2.75, 3.05) is 10.6 Å². The van der Waals surface area contributed by atoms with Crippen molar-refractivity contribution in [3.05, 3.63) is 82.4 Å². The lowest BCUT2D eigenvalue weighted by atomic mass is 10.0. The maximum absolute atomic E-state index is 12.7. The summed E-state index contributed by atoms with van der Waals surface area (Å²) in [4.78, 5) is 33.5. The highest BCUT2D eigenvalue weighted by Gasteiger charge is 2.13. The third-order valence-electron chi connectivity index (χ3n) is 4.77. The lowest BCUT2D eigenvalue weighted by molar-refractivity contribution is 0.101. The van der Waals surface area contributed by atoms with Crippen molar-refractivity contribution in [3.63, 3.8) is 0 Å². The number of rotatable bonds is 5. The van der Waals surface area contributed by atoms with Crippen LogP contribution >= 0.6 is 0 Å². The van der Waals surface area contributed by atoms with Gasteiger partial charge in [-0.1, -0.05) is 32.9 Å². The minimum absolute atomic E-state index is 0.207. The van der Waals surface area contributed by atoms with Gasteiger partial charge in [-0.25, -0.2) is 9.97 Å². The average Bonchev–Trinajstić information content (AvgIpc) is 2.78. The van der Waals surface area contributed by atoms with Gasteiger partial charge in [0, 0.05) is 16.8 Å². The molecule has 31 heavy (non-hydrogen) atoms. The fraction of sp³-hybridized carbons (Fsp3) is 0.280. The summed E-state index contributed by atoms with van der Waals surface area (Å²) in [5.41, 5.74) is 5.25. The molecule has 2 amide bonds. The van der Waals surface area contributed by atoms with Gasteiger partial charge in [0.15, 0.2) is 0 Å². The molecule has 0 bridgehead atoms. The molecule has 162 valence electrons. The van der Waals surface area contributed by atoms with Gasteiger partial charge in [-0.2, -0.15) is 0 Å². The normalized spacial score (nSPS) is 10.0. The molecule has 0 aliphatic carbocycles. The van der Waals surface area contributed by atoms with E-state index >= 15 is 0 Å². The first-order valence-corrected chi connectivity index (χ1v) is 10.5. The van der Waals surface area contributed by atoms with Crippen LogP contribution in [0.2, 0.25) is 0 Å². The van der Waals surface area contributed by atoms with E-state index in [-0.39, 0.29) is 11.8 Å². The monoisotopic (exact) mass is 418 g/mol. The van der Waals surface area contributed by atoms with Crippen molar-refractivity contribution in [1.29, 1.82) is 0 Å². The number of carbonyl (C=O) groups excluding carboxylic acids is 2. The van der Waals surface area contributed by atoms with Crippen LogP contribution in [0.3, 0.4) is 0 Å². The first-order chi connectivity index (χ1) is 14.9. The van der Waals surface area contributed by atoms with Gasteiger partial charge in [0.2, 0.25) is 0 Å². The van der Waals surface area contributed by atoms with Gasteiger partial charge in [-0.05, 0) is 68.1 Å². The molecule has 0 aliphatic rings. The zero-order chi connectivity index (χ0) is 23.0. The fourth-order valence-corrected chi connectivity index (χ4v) is 3.00. The van der Waals surface area contributed by atoms with Crippen LogP contribution in [0.15, 0.2) is 48.8 Å². The Kier molecular flexibility index (Phi) is 8.43. The number of nitrogens with one attached hydrogen (secondary N) is 2. The highest BCUT2D eigenvalue weighted by atomic mass is 16.2. The standard InChI is InChI=1S/C23H24N4O2.C2H6/c1-5-17-10-18(8-6-14(17)2)22(28)26-19-9-7-15(3)21(11-19)23(29)27-20-12-24-16(4)25-13-20;1-2/h6-13H,5H2,1-4H3,(H,26,28)(H,27,29);1-2H3. The van der Waals surface area contributed by atoms with Crippen molar-refractivity contribution >= 4 is 23.2 Å². The van der Waals surface area contributed by atoms with Crippen LogP contribution in [0, 0.1) is 20.8 Å². The second-order valence-electron chi connectivity index (χ2n) is 6.95. The molecule has 6 nitrogen and oxygen atoms in total.